The van der Waals surface area contributed by atoms with Crippen LogP contribution in [0.4, 0.5) is 3.89 Å². The molecule has 102 valence electrons. The van der Waals surface area contributed by atoms with E-state index in [-0.39, 0.29) is 10.9 Å². The third-order valence-corrected chi connectivity index (χ3v) is 4.82. The van der Waals surface area contributed by atoms with E-state index in [0.29, 0.717) is 6.42 Å². The number of sulfonamides is 1. The molecule has 1 atom stereocenters. The molecule has 0 bridgehead atoms. The normalized spacial score (nSPS) is 14.4. The fraction of sp³-hybridized carbons (Fsp3) is 0.400. The summed E-state index contributed by atoms with van der Waals surface area (Å²) in [5, 5.41) is 0. The van der Waals surface area contributed by atoms with Gasteiger partial charge in [-0.3, -0.25) is 0 Å². The summed E-state index contributed by atoms with van der Waals surface area (Å²) in [7, 11) is -8.51. The lowest BCUT2D eigenvalue weighted by Gasteiger charge is -2.11. The zero-order valence-electron chi connectivity index (χ0n) is 9.92. The fourth-order valence-corrected chi connectivity index (χ4v) is 2.99. The monoisotopic (exact) mass is 295 g/mol. The van der Waals surface area contributed by atoms with Gasteiger partial charge in [0, 0.05) is 6.04 Å². The van der Waals surface area contributed by atoms with Crippen molar-refractivity contribution in [2.45, 2.75) is 36.1 Å². The van der Waals surface area contributed by atoms with Crippen LogP contribution >= 0.6 is 0 Å². The van der Waals surface area contributed by atoms with E-state index in [0.717, 1.165) is 24.3 Å². The van der Waals surface area contributed by atoms with Crippen LogP contribution in [0.25, 0.3) is 0 Å². The van der Waals surface area contributed by atoms with Crippen LogP contribution in [0.5, 0.6) is 0 Å². The predicted octanol–water partition coefficient (Wildman–Crippen LogP) is 1.42. The van der Waals surface area contributed by atoms with Crippen LogP contribution in [-0.2, 0) is 20.2 Å². The molecule has 5 nitrogen and oxygen atoms in total. The highest BCUT2D eigenvalue weighted by Gasteiger charge is 2.18. The summed E-state index contributed by atoms with van der Waals surface area (Å²) in [6.45, 7) is 3.53. The van der Waals surface area contributed by atoms with Crippen molar-refractivity contribution in [3.05, 3.63) is 24.3 Å². The van der Waals surface area contributed by atoms with Gasteiger partial charge >= 0.3 is 10.2 Å². The summed E-state index contributed by atoms with van der Waals surface area (Å²) in [4.78, 5) is -0.666. The molecule has 1 rings (SSSR count). The van der Waals surface area contributed by atoms with Crippen molar-refractivity contribution in [2.24, 2.45) is 0 Å². The molecule has 0 saturated heterocycles. The Kier molecular flexibility index (Phi) is 4.46. The topological polar surface area (TPSA) is 80.3 Å². The fourth-order valence-electron chi connectivity index (χ4n) is 1.20. The van der Waals surface area contributed by atoms with Crippen molar-refractivity contribution in [2.75, 3.05) is 0 Å². The van der Waals surface area contributed by atoms with E-state index in [2.05, 4.69) is 4.72 Å². The van der Waals surface area contributed by atoms with Crippen molar-refractivity contribution >= 4 is 20.2 Å². The molecule has 1 N–H and O–H groups in total. The van der Waals surface area contributed by atoms with Gasteiger partial charge in [-0.25, -0.2) is 13.1 Å². The van der Waals surface area contributed by atoms with Crippen molar-refractivity contribution in [1.82, 2.24) is 4.72 Å². The molecule has 0 spiro atoms. The number of hydrogen-bond acceptors (Lipinski definition) is 4. The van der Waals surface area contributed by atoms with Crippen LogP contribution in [0.2, 0.25) is 0 Å². The van der Waals surface area contributed by atoms with Gasteiger partial charge < -0.3 is 0 Å². The van der Waals surface area contributed by atoms with Crippen molar-refractivity contribution in [3.63, 3.8) is 0 Å². The second kappa shape index (κ2) is 5.33. The zero-order valence-corrected chi connectivity index (χ0v) is 11.6. The number of rotatable bonds is 5. The summed E-state index contributed by atoms with van der Waals surface area (Å²) in [5.74, 6) is 0. The third-order valence-electron chi connectivity index (χ3n) is 2.38. The molecule has 0 aliphatic heterocycles. The summed E-state index contributed by atoms with van der Waals surface area (Å²) < 4.78 is 59.8. The number of benzene rings is 1. The maximum atomic E-state index is 12.6. The summed E-state index contributed by atoms with van der Waals surface area (Å²) in [6.07, 6.45) is 0.621. The molecule has 18 heavy (non-hydrogen) atoms. The quantitative estimate of drug-likeness (QED) is 0.833. The van der Waals surface area contributed by atoms with Gasteiger partial charge in [-0.05, 0) is 37.6 Å². The van der Waals surface area contributed by atoms with E-state index in [4.69, 9.17) is 0 Å². The van der Waals surface area contributed by atoms with Crippen LogP contribution < -0.4 is 4.72 Å². The first-order valence-corrected chi connectivity index (χ1v) is 8.10. The Balaban J connectivity index is 3.06. The molecule has 0 amide bonds. The highest BCUT2D eigenvalue weighted by molar-refractivity contribution is 7.89. The molecule has 0 aliphatic carbocycles. The molecule has 8 heteroatoms. The second-order valence-electron chi connectivity index (χ2n) is 3.84. The first-order valence-electron chi connectivity index (χ1n) is 5.24. The third kappa shape index (κ3) is 3.76. The Hall–Kier alpha value is -0.990. The molecule has 0 aromatic heterocycles. The van der Waals surface area contributed by atoms with E-state index < -0.39 is 25.1 Å². The maximum Gasteiger partial charge on any atom is 0.332 e. The summed E-state index contributed by atoms with van der Waals surface area (Å²) in [6, 6.07) is 3.70. The minimum Gasteiger partial charge on any atom is -0.208 e. The van der Waals surface area contributed by atoms with Gasteiger partial charge in [-0.1, -0.05) is 6.92 Å². The van der Waals surface area contributed by atoms with Gasteiger partial charge in [0.25, 0.3) is 0 Å². The van der Waals surface area contributed by atoms with Gasteiger partial charge in [-0.2, -0.15) is 8.42 Å². The highest BCUT2D eigenvalue weighted by Crippen LogP contribution is 2.16. The highest BCUT2D eigenvalue weighted by atomic mass is 32.3. The smallest absolute Gasteiger partial charge is 0.208 e. The van der Waals surface area contributed by atoms with Gasteiger partial charge in [0.15, 0.2) is 0 Å². The van der Waals surface area contributed by atoms with E-state index >= 15 is 0 Å². The Morgan fingerprint density at radius 2 is 1.56 bits per heavy atom. The standard InChI is InChI=1S/C10H14FNO4S2/c1-3-8(2)12-18(15,16)10-6-4-9(5-7-10)17(11,13)14/h4-8,12H,3H2,1-2H3. The molecule has 0 aliphatic rings. The summed E-state index contributed by atoms with van der Waals surface area (Å²) in [5.41, 5.74) is 0. The minimum atomic E-state index is -4.81. The van der Waals surface area contributed by atoms with Gasteiger partial charge in [0.1, 0.15) is 0 Å². The molecule has 1 unspecified atom stereocenters. The SMILES string of the molecule is CCC(C)NS(=O)(=O)c1ccc(S(=O)(=O)F)cc1. The van der Waals surface area contributed by atoms with Crippen LogP contribution in [0.15, 0.2) is 34.1 Å². The molecule has 0 saturated carbocycles. The second-order valence-corrected chi connectivity index (χ2v) is 6.90. The lowest BCUT2D eigenvalue weighted by Crippen LogP contribution is -2.31. The lowest BCUT2D eigenvalue weighted by atomic mass is 10.3. The number of nitrogens with one attached hydrogen (secondary N) is 1. The van der Waals surface area contributed by atoms with Crippen LogP contribution in [0.3, 0.4) is 0 Å². The van der Waals surface area contributed by atoms with Gasteiger partial charge in [0.05, 0.1) is 9.79 Å². The molecule has 0 heterocycles. The van der Waals surface area contributed by atoms with E-state index in [1.54, 1.807) is 6.92 Å². The zero-order chi connectivity index (χ0) is 14.0. The average molecular weight is 295 g/mol. The molecular weight excluding hydrogens is 281 g/mol. The molecular formula is C10H14FNO4S2. The first kappa shape index (κ1) is 15.1. The van der Waals surface area contributed by atoms with Crippen LogP contribution in [0, 0.1) is 0 Å². The molecule has 0 radical (unpaired) electrons. The predicted molar refractivity (Wildman–Crippen MR) is 64.8 cm³/mol. The van der Waals surface area contributed by atoms with E-state index in [1.165, 1.54) is 0 Å². The first-order chi connectivity index (χ1) is 8.16. The minimum absolute atomic E-state index is 0.102. The van der Waals surface area contributed by atoms with Crippen LogP contribution in [-0.4, -0.2) is 22.9 Å². The van der Waals surface area contributed by atoms with Crippen molar-refractivity contribution < 1.29 is 20.7 Å². The molecule has 1 aromatic rings. The maximum absolute atomic E-state index is 12.6. The van der Waals surface area contributed by atoms with Crippen molar-refractivity contribution in [1.29, 1.82) is 0 Å². The lowest BCUT2D eigenvalue weighted by molar-refractivity contribution is 0.549. The average Bonchev–Trinajstić information content (AvgIpc) is 2.27. The molecule has 1 aromatic carbocycles. The Morgan fingerprint density at radius 3 is 1.94 bits per heavy atom. The van der Waals surface area contributed by atoms with Gasteiger partial charge in [0.2, 0.25) is 10.0 Å². The van der Waals surface area contributed by atoms with E-state index in [9.17, 15) is 20.7 Å². The van der Waals surface area contributed by atoms with Crippen molar-refractivity contribution in [3.8, 4) is 0 Å². The van der Waals surface area contributed by atoms with E-state index in [1.807, 2.05) is 6.92 Å². The van der Waals surface area contributed by atoms with Crippen LogP contribution in [0.1, 0.15) is 20.3 Å². The summed E-state index contributed by atoms with van der Waals surface area (Å²) >= 11 is 0. The number of hydrogen-bond donors (Lipinski definition) is 1. The number of halogens is 1. The van der Waals surface area contributed by atoms with Gasteiger partial charge in [-0.15, -0.1) is 3.89 Å². The molecule has 0 fully saturated rings. The Morgan fingerprint density at radius 1 is 1.11 bits per heavy atom. The Bertz CT molecular complexity index is 608. The Labute approximate surface area is 106 Å². The largest absolute Gasteiger partial charge is 0.332 e.